The van der Waals surface area contributed by atoms with Crippen molar-refractivity contribution in [3.05, 3.63) is 29.8 Å². The van der Waals surface area contributed by atoms with Gasteiger partial charge in [0.15, 0.2) is 8.32 Å². The molecule has 3 heteroatoms. The number of nitrogens with two attached hydrogens (primary N) is 1. The smallest absolute Gasteiger partial charge is 0.186 e. The number of anilines is 1. The van der Waals surface area contributed by atoms with E-state index in [4.69, 9.17) is 10.2 Å². The molecule has 17 heavy (non-hydrogen) atoms. The van der Waals surface area contributed by atoms with Crippen molar-refractivity contribution in [1.29, 1.82) is 0 Å². The molecule has 0 aliphatic rings. The van der Waals surface area contributed by atoms with Crippen molar-refractivity contribution in [3.8, 4) is 0 Å². The van der Waals surface area contributed by atoms with Crippen molar-refractivity contribution >= 4 is 14.0 Å². The molecular weight excluding hydrogens is 226 g/mol. The van der Waals surface area contributed by atoms with Gasteiger partial charge in [0.25, 0.3) is 0 Å². The van der Waals surface area contributed by atoms with Gasteiger partial charge in [-0.3, -0.25) is 0 Å². The monoisotopic (exact) mass is 255 g/mol. The molecule has 100 valence electrons. The third-order valence-electron chi connectivity index (χ3n) is 2.83. The van der Waals surface area contributed by atoms with E-state index in [-0.39, 0.29) is 14.9 Å². The van der Waals surface area contributed by atoms with Crippen LogP contribution in [0.4, 0.5) is 5.69 Å². The predicted molar refractivity (Wildman–Crippen MR) is 81.9 cm³/mol. The van der Waals surface area contributed by atoms with Gasteiger partial charge in [-0.2, -0.15) is 0 Å². The number of para-hydroxylation sites is 1. The van der Waals surface area contributed by atoms with Gasteiger partial charge in [0.1, 0.15) is 0 Å². The van der Waals surface area contributed by atoms with Gasteiger partial charge in [-0.15, -0.1) is 0 Å². The second-order valence-electron chi connectivity index (χ2n) is 4.52. The summed E-state index contributed by atoms with van der Waals surface area (Å²) in [5.74, 6) is 0. The Bertz CT molecular complexity index is 313. The molecule has 0 aromatic heterocycles. The Hall–Kier alpha value is -0.803. The highest BCUT2D eigenvalue weighted by molar-refractivity contribution is 6.71. The Labute approximate surface area is 108 Å². The predicted octanol–water partition coefficient (Wildman–Crippen LogP) is 4.33. The van der Waals surface area contributed by atoms with Crippen LogP contribution in [-0.2, 0) is 10.8 Å². The second kappa shape index (κ2) is 8.31. The molecule has 0 aliphatic heterocycles. The molecule has 0 atom stereocenters. The van der Waals surface area contributed by atoms with Crippen LogP contribution < -0.4 is 5.73 Å². The number of nitrogen functional groups attached to an aromatic ring is 1. The Morgan fingerprint density at radius 2 is 1.76 bits per heavy atom. The van der Waals surface area contributed by atoms with E-state index in [2.05, 4.69) is 19.2 Å². The van der Waals surface area contributed by atoms with E-state index in [1.165, 1.54) is 18.0 Å². The summed E-state index contributed by atoms with van der Waals surface area (Å²) in [4.78, 5) is 0. The van der Waals surface area contributed by atoms with Crippen LogP contribution in [-0.4, -0.2) is 15.4 Å². The third kappa shape index (κ3) is 6.49. The third-order valence-corrected chi connectivity index (χ3v) is 5.50. The first-order chi connectivity index (χ1) is 7.05. The lowest BCUT2D eigenvalue weighted by Crippen LogP contribution is -2.28. The summed E-state index contributed by atoms with van der Waals surface area (Å²) in [6, 6.07) is 9.29. The number of hydrogen-bond acceptors (Lipinski definition) is 2. The molecule has 0 bridgehead atoms. The summed E-state index contributed by atoms with van der Waals surface area (Å²) in [5, 5.41) is 0. The summed E-state index contributed by atoms with van der Waals surface area (Å²) >= 11 is 0. The zero-order valence-electron chi connectivity index (χ0n) is 9.92. The van der Waals surface area contributed by atoms with Crippen molar-refractivity contribution in [1.82, 2.24) is 0 Å². The van der Waals surface area contributed by atoms with Gasteiger partial charge in [0, 0.05) is 12.8 Å². The lowest BCUT2D eigenvalue weighted by molar-refractivity contribution is 0.402. The lowest BCUT2D eigenvalue weighted by atomic mass is 10.1. The second-order valence-corrected chi connectivity index (χ2v) is 8.94. The first kappa shape index (κ1) is 18.6. The number of aryl methyl sites for hydroxylation is 1. The van der Waals surface area contributed by atoms with Gasteiger partial charge in [-0.1, -0.05) is 33.1 Å². The molecule has 0 fully saturated rings. The first-order valence-electron chi connectivity index (χ1n) is 5.44. The number of benzene rings is 1. The van der Waals surface area contributed by atoms with E-state index in [0.29, 0.717) is 0 Å². The average Bonchev–Trinajstić information content (AvgIpc) is 2.21. The van der Waals surface area contributed by atoms with E-state index >= 15 is 0 Å². The van der Waals surface area contributed by atoms with Crippen molar-refractivity contribution in [2.75, 3.05) is 12.8 Å². The SMILES string of the molecule is C.C.CO[Si](C)(C)CCCc1ccccc1N. The molecular formula is C14H29NOSi. The summed E-state index contributed by atoms with van der Waals surface area (Å²) in [5.41, 5.74) is 8.06. The van der Waals surface area contributed by atoms with Crippen LogP contribution in [0.2, 0.25) is 19.1 Å². The van der Waals surface area contributed by atoms with Crippen LogP contribution in [0, 0.1) is 0 Å². The molecule has 1 rings (SSSR count). The van der Waals surface area contributed by atoms with Crippen LogP contribution in [0.25, 0.3) is 0 Å². The van der Waals surface area contributed by atoms with Crippen molar-refractivity contribution < 1.29 is 4.43 Å². The van der Waals surface area contributed by atoms with E-state index in [1.54, 1.807) is 0 Å². The number of rotatable bonds is 5. The molecule has 0 heterocycles. The largest absolute Gasteiger partial charge is 0.420 e. The molecule has 0 unspecified atom stereocenters. The average molecular weight is 255 g/mol. The molecule has 0 aliphatic carbocycles. The normalized spacial score (nSPS) is 10.3. The first-order valence-corrected chi connectivity index (χ1v) is 8.55. The van der Waals surface area contributed by atoms with Gasteiger partial charge >= 0.3 is 0 Å². The fraction of sp³-hybridized carbons (Fsp3) is 0.571. The molecule has 0 spiro atoms. The summed E-state index contributed by atoms with van der Waals surface area (Å²) in [7, 11) is 0.433. The van der Waals surface area contributed by atoms with Gasteiger partial charge in [-0.25, -0.2) is 0 Å². The Balaban J connectivity index is 0. The molecule has 0 amide bonds. The Morgan fingerprint density at radius 3 is 2.29 bits per heavy atom. The van der Waals surface area contributed by atoms with Crippen LogP contribution in [0.5, 0.6) is 0 Å². The highest BCUT2D eigenvalue weighted by Gasteiger charge is 2.19. The minimum Gasteiger partial charge on any atom is -0.420 e. The summed E-state index contributed by atoms with van der Waals surface area (Å²) in [6.07, 6.45) is 2.23. The van der Waals surface area contributed by atoms with Crippen LogP contribution in [0.1, 0.15) is 26.8 Å². The maximum atomic E-state index is 5.88. The van der Waals surface area contributed by atoms with E-state index in [1.807, 2.05) is 25.3 Å². The Morgan fingerprint density at radius 1 is 1.18 bits per heavy atom. The highest BCUT2D eigenvalue weighted by Crippen LogP contribution is 2.18. The van der Waals surface area contributed by atoms with Crippen molar-refractivity contribution in [2.24, 2.45) is 0 Å². The molecule has 0 radical (unpaired) electrons. The van der Waals surface area contributed by atoms with E-state index in [0.717, 1.165) is 12.1 Å². The topological polar surface area (TPSA) is 35.2 Å². The maximum absolute atomic E-state index is 5.88. The summed E-state index contributed by atoms with van der Waals surface area (Å²) < 4.78 is 5.51. The molecule has 1 aromatic rings. The van der Waals surface area contributed by atoms with Crippen molar-refractivity contribution in [2.45, 2.75) is 46.8 Å². The van der Waals surface area contributed by atoms with Gasteiger partial charge < -0.3 is 10.2 Å². The quantitative estimate of drug-likeness (QED) is 0.628. The lowest BCUT2D eigenvalue weighted by Gasteiger charge is -2.19. The zero-order chi connectivity index (χ0) is 11.3. The molecule has 0 saturated heterocycles. The molecule has 0 saturated carbocycles. The standard InChI is InChI=1S/C12H21NOSi.2CH4/c1-14-15(2,3)10-6-8-11-7-4-5-9-12(11)13;;/h4-5,7,9H,6,8,10,13H2,1-3H3;2*1H4. The maximum Gasteiger partial charge on any atom is 0.186 e. The minimum atomic E-state index is -1.39. The molecule has 1 aromatic carbocycles. The van der Waals surface area contributed by atoms with Crippen LogP contribution in [0.15, 0.2) is 24.3 Å². The zero-order valence-corrected chi connectivity index (χ0v) is 10.9. The molecule has 2 nitrogen and oxygen atoms in total. The van der Waals surface area contributed by atoms with Crippen LogP contribution >= 0.6 is 0 Å². The highest BCUT2D eigenvalue weighted by atomic mass is 28.4. The van der Waals surface area contributed by atoms with Crippen LogP contribution in [0.3, 0.4) is 0 Å². The fourth-order valence-corrected chi connectivity index (χ4v) is 2.80. The van der Waals surface area contributed by atoms with Crippen molar-refractivity contribution in [3.63, 3.8) is 0 Å². The van der Waals surface area contributed by atoms with Gasteiger partial charge in [0.2, 0.25) is 0 Å². The fourth-order valence-electron chi connectivity index (χ4n) is 1.57. The number of hydrogen-bond donors (Lipinski definition) is 1. The van der Waals surface area contributed by atoms with E-state index in [9.17, 15) is 0 Å². The Kier molecular flexibility index (Phi) is 9.07. The van der Waals surface area contributed by atoms with E-state index < -0.39 is 8.32 Å². The summed E-state index contributed by atoms with van der Waals surface area (Å²) in [6.45, 7) is 4.50. The van der Waals surface area contributed by atoms with Gasteiger partial charge in [-0.05, 0) is 43.6 Å². The van der Waals surface area contributed by atoms with Gasteiger partial charge in [0.05, 0.1) is 0 Å². The minimum absolute atomic E-state index is 0. The molecule has 2 N–H and O–H groups in total.